The maximum atomic E-state index is 12.2. The second-order valence-electron chi connectivity index (χ2n) is 5.05. The van der Waals surface area contributed by atoms with E-state index in [1.165, 1.54) is 4.68 Å². The van der Waals surface area contributed by atoms with Crippen LogP contribution in [0.5, 0.6) is 0 Å². The molecule has 1 aliphatic rings. The molecule has 0 unspecified atom stereocenters. The van der Waals surface area contributed by atoms with E-state index >= 15 is 0 Å². The zero-order valence-electron chi connectivity index (χ0n) is 11.7. The van der Waals surface area contributed by atoms with Crippen molar-refractivity contribution in [3.8, 4) is 0 Å². The Balaban J connectivity index is 1.77. The van der Waals surface area contributed by atoms with Crippen molar-refractivity contribution < 1.29 is 4.74 Å². The van der Waals surface area contributed by atoms with Gasteiger partial charge in [0, 0.05) is 24.8 Å². The highest BCUT2D eigenvalue weighted by Gasteiger charge is 2.12. The fourth-order valence-electron chi connectivity index (χ4n) is 2.33. The zero-order valence-corrected chi connectivity index (χ0v) is 11.7. The van der Waals surface area contributed by atoms with Crippen molar-refractivity contribution in [2.75, 3.05) is 36.9 Å². The average Bonchev–Trinajstić information content (AvgIpc) is 2.52. The number of benzene rings is 1. The molecule has 2 heterocycles. The third kappa shape index (κ3) is 3.22. The summed E-state index contributed by atoms with van der Waals surface area (Å²) in [6.45, 7) is 3.41. The van der Waals surface area contributed by atoms with E-state index in [-0.39, 0.29) is 5.56 Å². The van der Waals surface area contributed by atoms with Crippen LogP contribution in [0.2, 0.25) is 0 Å². The Hall–Kier alpha value is -2.34. The fourth-order valence-corrected chi connectivity index (χ4v) is 2.33. The molecule has 0 radical (unpaired) electrons. The van der Waals surface area contributed by atoms with Crippen molar-refractivity contribution in [2.45, 2.75) is 6.54 Å². The maximum Gasteiger partial charge on any atom is 0.269 e. The molecule has 2 aromatic rings. The molecule has 0 bridgehead atoms. The molecule has 6 nitrogen and oxygen atoms in total. The number of anilines is 2. The van der Waals surface area contributed by atoms with Gasteiger partial charge >= 0.3 is 0 Å². The van der Waals surface area contributed by atoms with E-state index in [0.29, 0.717) is 25.4 Å². The summed E-state index contributed by atoms with van der Waals surface area (Å²) in [5.41, 5.74) is 8.12. The number of ether oxygens (including phenoxy) is 1. The fraction of sp³-hybridized carbons (Fsp3) is 0.333. The molecule has 1 aromatic heterocycles. The van der Waals surface area contributed by atoms with E-state index in [9.17, 15) is 4.79 Å². The van der Waals surface area contributed by atoms with Crippen LogP contribution in [0.3, 0.4) is 0 Å². The Morgan fingerprint density at radius 1 is 1.19 bits per heavy atom. The van der Waals surface area contributed by atoms with Gasteiger partial charge in [0.2, 0.25) is 0 Å². The molecule has 0 atom stereocenters. The summed E-state index contributed by atoms with van der Waals surface area (Å²) in [6.07, 6.45) is 1.74. The first kappa shape index (κ1) is 13.6. The van der Waals surface area contributed by atoms with Crippen LogP contribution >= 0.6 is 0 Å². The lowest BCUT2D eigenvalue weighted by Crippen LogP contribution is -2.37. The molecular formula is C15H18N4O2. The maximum absolute atomic E-state index is 12.2. The normalized spacial score (nSPS) is 15.1. The van der Waals surface area contributed by atoms with Gasteiger partial charge in [-0.3, -0.25) is 4.79 Å². The molecule has 0 saturated carbocycles. The topological polar surface area (TPSA) is 73.4 Å². The van der Waals surface area contributed by atoms with Gasteiger partial charge in [0.05, 0.1) is 31.6 Å². The number of morpholine rings is 1. The Bertz CT molecular complexity index is 660. The van der Waals surface area contributed by atoms with Gasteiger partial charge in [-0.05, 0) is 17.7 Å². The third-order valence-corrected chi connectivity index (χ3v) is 3.54. The SMILES string of the molecule is Nc1ccc(Cn2ncc(N3CCOCC3)cc2=O)cc1. The van der Waals surface area contributed by atoms with Crippen LogP contribution in [-0.2, 0) is 11.3 Å². The summed E-state index contributed by atoms with van der Waals surface area (Å²) in [4.78, 5) is 14.3. The highest BCUT2D eigenvalue weighted by Crippen LogP contribution is 2.12. The molecular weight excluding hydrogens is 268 g/mol. The quantitative estimate of drug-likeness (QED) is 0.841. The van der Waals surface area contributed by atoms with E-state index in [1.807, 2.05) is 24.3 Å². The molecule has 6 heteroatoms. The van der Waals surface area contributed by atoms with E-state index in [0.717, 1.165) is 24.3 Å². The minimum Gasteiger partial charge on any atom is -0.399 e. The molecule has 2 N–H and O–H groups in total. The van der Waals surface area contributed by atoms with E-state index in [1.54, 1.807) is 12.3 Å². The number of nitrogen functional groups attached to an aromatic ring is 1. The van der Waals surface area contributed by atoms with Crippen LogP contribution in [0.1, 0.15) is 5.56 Å². The summed E-state index contributed by atoms with van der Waals surface area (Å²) in [7, 11) is 0. The number of aromatic nitrogens is 2. The Morgan fingerprint density at radius 3 is 2.57 bits per heavy atom. The van der Waals surface area contributed by atoms with Gasteiger partial charge in [-0.2, -0.15) is 5.10 Å². The molecule has 0 amide bonds. The molecule has 1 saturated heterocycles. The number of rotatable bonds is 3. The van der Waals surface area contributed by atoms with Gasteiger partial charge in [0.15, 0.2) is 0 Å². The number of hydrogen-bond donors (Lipinski definition) is 1. The predicted molar refractivity (Wildman–Crippen MR) is 81.5 cm³/mol. The molecule has 1 fully saturated rings. The van der Waals surface area contributed by atoms with Gasteiger partial charge in [-0.15, -0.1) is 0 Å². The number of hydrogen-bond acceptors (Lipinski definition) is 5. The molecule has 0 spiro atoms. The Kier molecular flexibility index (Phi) is 3.87. The van der Waals surface area contributed by atoms with Gasteiger partial charge in [0.25, 0.3) is 5.56 Å². The van der Waals surface area contributed by atoms with Crippen LogP contribution in [0.15, 0.2) is 41.3 Å². The third-order valence-electron chi connectivity index (χ3n) is 3.54. The molecule has 1 aliphatic heterocycles. The van der Waals surface area contributed by atoms with Gasteiger partial charge in [0.1, 0.15) is 0 Å². The molecule has 110 valence electrons. The van der Waals surface area contributed by atoms with Crippen molar-refractivity contribution in [1.29, 1.82) is 0 Å². The largest absolute Gasteiger partial charge is 0.399 e. The van der Waals surface area contributed by atoms with Crippen LogP contribution < -0.4 is 16.2 Å². The summed E-state index contributed by atoms with van der Waals surface area (Å²) in [5, 5.41) is 4.26. The lowest BCUT2D eigenvalue weighted by atomic mass is 10.2. The number of nitrogens with two attached hydrogens (primary N) is 1. The van der Waals surface area contributed by atoms with E-state index in [4.69, 9.17) is 10.5 Å². The smallest absolute Gasteiger partial charge is 0.269 e. The Morgan fingerprint density at radius 2 is 1.90 bits per heavy atom. The van der Waals surface area contributed by atoms with Crippen LogP contribution in [0.4, 0.5) is 11.4 Å². The summed E-state index contributed by atoms with van der Waals surface area (Å²) >= 11 is 0. The minimum absolute atomic E-state index is 0.101. The van der Waals surface area contributed by atoms with Crippen molar-refractivity contribution in [3.63, 3.8) is 0 Å². The summed E-state index contributed by atoms with van der Waals surface area (Å²) < 4.78 is 6.76. The lowest BCUT2D eigenvalue weighted by molar-refractivity contribution is 0.122. The van der Waals surface area contributed by atoms with Crippen LogP contribution in [0.25, 0.3) is 0 Å². The van der Waals surface area contributed by atoms with E-state index < -0.39 is 0 Å². The molecule has 3 rings (SSSR count). The summed E-state index contributed by atoms with van der Waals surface area (Å²) in [6, 6.07) is 9.08. The monoisotopic (exact) mass is 286 g/mol. The summed E-state index contributed by atoms with van der Waals surface area (Å²) in [5.74, 6) is 0. The molecule has 0 aliphatic carbocycles. The zero-order chi connectivity index (χ0) is 14.7. The number of nitrogens with zero attached hydrogens (tertiary/aromatic N) is 3. The minimum atomic E-state index is -0.101. The van der Waals surface area contributed by atoms with Crippen LogP contribution in [0, 0.1) is 0 Å². The Labute approximate surface area is 122 Å². The van der Waals surface area contributed by atoms with Crippen LogP contribution in [-0.4, -0.2) is 36.1 Å². The van der Waals surface area contributed by atoms with E-state index in [2.05, 4.69) is 10.00 Å². The van der Waals surface area contributed by atoms with Gasteiger partial charge in [-0.25, -0.2) is 4.68 Å². The highest BCUT2D eigenvalue weighted by atomic mass is 16.5. The second-order valence-corrected chi connectivity index (χ2v) is 5.05. The first-order valence-corrected chi connectivity index (χ1v) is 6.97. The second kappa shape index (κ2) is 5.97. The molecule has 21 heavy (non-hydrogen) atoms. The van der Waals surface area contributed by atoms with Crippen molar-refractivity contribution in [1.82, 2.24) is 9.78 Å². The van der Waals surface area contributed by atoms with Crippen molar-refractivity contribution in [2.24, 2.45) is 0 Å². The highest BCUT2D eigenvalue weighted by molar-refractivity contribution is 5.43. The first-order chi connectivity index (χ1) is 10.2. The van der Waals surface area contributed by atoms with Crippen molar-refractivity contribution >= 4 is 11.4 Å². The van der Waals surface area contributed by atoms with Gasteiger partial charge < -0.3 is 15.4 Å². The lowest BCUT2D eigenvalue weighted by Gasteiger charge is -2.28. The van der Waals surface area contributed by atoms with Gasteiger partial charge in [-0.1, -0.05) is 12.1 Å². The average molecular weight is 286 g/mol. The standard InChI is InChI=1S/C15H18N4O2/c16-13-3-1-12(2-4-13)11-19-15(20)9-14(10-17-19)18-5-7-21-8-6-18/h1-4,9-10H,5-8,11,16H2. The first-order valence-electron chi connectivity index (χ1n) is 6.97. The van der Waals surface area contributed by atoms with Crippen molar-refractivity contribution in [3.05, 3.63) is 52.4 Å². The molecule has 1 aromatic carbocycles. The predicted octanol–water partition coefficient (Wildman–Crippen LogP) is 0.710.